The number of pyridine rings is 1. The molecule has 0 aliphatic heterocycles. The van der Waals surface area contributed by atoms with Gasteiger partial charge in [0.2, 0.25) is 0 Å². The summed E-state index contributed by atoms with van der Waals surface area (Å²) in [5.41, 5.74) is 6.32. The molecule has 14 heavy (non-hydrogen) atoms. The van der Waals surface area contributed by atoms with Gasteiger partial charge >= 0.3 is 0 Å². The Kier molecular flexibility index (Phi) is 4.35. The van der Waals surface area contributed by atoms with Crippen LogP contribution in [0.1, 0.15) is 5.69 Å². The quantitative estimate of drug-likeness (QED) is 0.742. The van der Waals surface area contributed by atoms with Crippen LogP contribution in [0.2, 0.25) is 0 Å². The van der Waals surface area contributed by atoms with Gasteiger partial charge in [-0.2, -0.15) is 0 Å². The SMILES string of the molecule is CN(C)CCOc1ccnc(CN)c1. The van der Waals surface area contributed by atoms with Crippen LogP contribution < -0.4 is 10.5 Å². The second-order valence-corrected chi connectivity index (χ2v) is 3.34. The predicted molar refractivity (Wildman–Crippen MR) is 56.2 cm³/mol. The maximum atomic E-state index is 5.52. The fraction of sp³-hybridized carbons (Fsp3) is 0.500. The van der Waals surface area contributed by atoms with Crippen molar-refractivity contribution in [2.24, 2.45) is 5.73 Å². The van der Waals surface area contributed by atoms with Gasteiger partial charge in [-0.25, -0.2) is 0 Å². The molecular weight excluding hydrogens is 178 g/mol. The lowest BCUT2D eigenvalue weighted by molar-refractivity contribution is 0.261. The normalized spacial score (nSPS) is 10.6. The Labute approximate surface area is 84.7 Å². The molecule has 2 N–H and O–H groups in total. The molecule has 4 nitrogen and oxygen atoms in total. The van der Waals surface area contributed by atoms with Crippen LogP contribution in [-0.2, 0) is 6.54 Å². The second-order valence-electron chi connectivity index (χ2n) is 3.34. The minimum absolute atomic E-state index is 0.449. The number of nitrogens with two attached hydrogens (primary N) is 1. The lowest BCUT2D eigenvalue weighted by Crippen LogP contribution is -2.19. The van der Waals surface area contributed by atoms with E-state index in [0.29, 0.717) is 13.2 Å². The summed E-state index contributed by atoms with van der Waals surface area (Å²) in [6, 6.07) is 3.71. The molecule has 4 heteroatoms. The third kappa shape index (κ3) is 3.72. The molecule has 0 spiro atoms. The van der Waals surface area contributed by atoms with E-state index in [1.165, 1.54) is 0 Å². The standard InChI is InChI=1S/C10H17N3O/c1-13(2)5-6-14-10-3-4-12-9(7-10)8-11/h3-4,7H,5-6,8,11H2,1-2H3. The van der Waals surface area contributed by atoms with Gasteiger partial charge in [0.15, 0.2) is 0 Å². The molecule has 1 heterocycles. The Hall–Kier alpha value is -1.13. The maximum absolute atomic E-state index is 5.52. The van der Waals surface area contributed by atoms with E-state index in [1.54, 1.807) is 6.20 Å². The molecule has 1 aromatic heterocycles. The van der Waals surface area contributed by atoms with Crippen LogP contribution in [0.15, 0.2) is 18.3 Å². The van der Waals surface area contributed by atoms with Crippen molar-refractivity contribution in [2.75, 3.05) is 27.2 Å². The van der Waals surface area contributed by atoms with Crippen LogP contribution in [-0.4, -0.2) is 37.1 Å². The highest BCUT2D eigenvalue weighted by atomic mass is 16.5. The van der Waals surface area contributed by atoms with Crippen molar-refractivity contribution in [3.8, 4) is 5.75 Å². The van der Waals surface area contributed by atoms with E-state index in [2.05, 4.69) is 9.88 Å². The number of likely N-dealkylation sites (N-methyl/N-ethyl adjacent to an activating group) is 1. The molecule has 0 aromatic carbocycles. The van der Waals surface area contributed by atoms with E-state index in [-0.39, 0.29) is 0 Å². The number of aromatic nitrogens is 1. The number of rotatable bonds is 5. The van der Waals surface area contributed by atoms with Gasteiger partial charge in [-0.05, 0) is 20.2 Å². The summed E-state index contributed by atoms with van der Waals surface area (Å²) in [4.78, 5) is 6.16. The average molecular weight is 195 g/mol. The molecule has 0 unspecified atom stereocenters. The molecule has 0 aliphatic rings. The molecule has 0 saturated heterocycles. The monoisotopic (exact) mass is 195 g/mol. The number of ether oxygens (including phenoxy) is 1. The summed E-state index contributed by atoms with van der Waals surface area (Å²) in [6.07, 6.45) is 1.72. The van der Waals surface area contributed by atoms with Crippen LogP contribution in [0, 0.1) is 0 Å². The predicted octanol–water partition coefficient (Wildman–Crippen LogP) is 0.481. The molecule has 0 radical (unpaired) electrons. The molecule has 0 saturated carbocycles. The fourth-order valence-electron chi connectivity index (χ4n) is 1.00. The van der Waals surface area contributed by atoms with Gasteiger partial charge in [-0.3, -0.25) is 4.98 Å². The molecule has 0 amide bonds. The zero-order chi connectivity index (χ0) is 10.4. The van der Waals surface area contributed by atoms with E-state index in [9.17, 15) is 0 Å². The minimum Gasteiger partial charge on any atom is -0.492 e. The molecule has 0 aliphatic carbocycles. The molecule has 0 fully saturated rings. The van der Waals surface area contributed by atoms with Crippen molar-refractivity contribution >= 4 is 0 Å². The van der Waals surface area contributed by atoms with Crippen LogP contribution in [0.5, 0.6) is 5.75 Å². The first-order valence-electron chi connectivity index (χ1n) is 4.65. The summed E-state index contributed by atoms with van der Waals surface area (Å²) >= 11 is 0. The van der Waals surface area contributed by atoms with Gasteiger partial charge in [-0.15, -0.1) is 0 Å². The van der Waals surface area contributed by atoms with Gasteiger partial charge in [0.25, 0.3) is 0 Å². The Morgan fingerprint density at radius 2 is 2.29 bits per heavy atom. The van der Waals surface area contributed by atoms with Crippen molar-refractivity contribution in [1.29, 1.82) is 0 Å². The van der Waals surface area contributed by atoms with Gasteiger partial charge < -0.3 is 15.4 Å². The Bertz CT molecular complexity index is 276. The van der Waals surface area contributed by atoms with E-state index in [4.69, 9.17) is 10.5 Å². The zero-order valence-electron chi connectivity index (χ0n) is 8.73. The first-order chi connectivity index (χ1) is 6.72. The first-order valence-corrected chi connectivity index (χ1v) is 4.65. The number of hydrogen-bond acceptors (Lipinski definition) is 4. The van der Waals surface area contributed by atoms with E-state index < -0.39 is 0 Å². The van der Waals surface area contributed by atoms with Crippen LogP contribution >= 0.6 is 0 Å². The lowest BCUT2D eigenvalue weighted by atomic mass is 10.3. The fourth-order valence-corrected chi connectivity index (χ4v) is 1.00. The van der Waals surface area contributed by atoms with E-state index in [0.717, 1.165) is 18.0 Å². The highest BCUT2D eigenvalue weighted by molar-refractivity contribution is 5.22. The highest BCUT2D eigenvalue weighted by Gasteiger charge is 1.96. The molecule has 78 valence electrons. The van der Waals surface area contributed by atoms with Gasteiger partial charge in [0, 0.05) is 25.4 Å². The Morgan fingerprint density at radius 1 is 1.50 bits per heavy atom. The van der Waals surface area contributed by atoms with E-state index >= 15 is 0 Å². The van der Waals surface area contributed by atoms with Gasteiger partial charge in [0.1, 0.15) is 12.4 Å². The largest absolute Gasteiger partial charge is 0.492 e. The van der Waals surface area contributed by atoms with Crippen molar-refractivity contribution in [2.45, 2.75) is 6.54 Å². The third-order valence-electron chi connectivity index (χ3n) is 1.80. The van der Waals surface area contributed by atoms with Crippen LogP contribution in [0.25, 0.3) is 0 Å². The van der Waals surface area contributed by atoms with Crippen LogP contribution in [0.4, 0.5) is 0 Å². The summed E-state index contributed by atoms with van der Waals surface area (Å²) in [7, 11) is 4.03. The lowest BCUT2D eigenvalue weighted by Gasteiger charge is -2.11. The molecule has 0 atom stereocenters. The van der Waals surface area contributed by atoms with Crippen molar-refractivity contribution in [3.05, 3.63) is 24.0 Å². The highest BCUT2D eigenvalue weighted by Crippen LogP contribution is 2.10. The van der Waals surface area contributed by atoms with Gasteiger partial charge in [-0.1, -0.05) is 0 Å². The minimum atomic E-state index is 0.449. The van der Waals surface area contributed by atoms with Crippen molar-refractivity contribution in [1.82, 2.24) is 9.88 Å². The summed E-state index contributed by atoms with van der Waals surface area (Å²) in [5.74, 6) is 0.835. The Morgan fingerprint density at radius 3 is 2.93 bits per heavy atom. The molecule has 0 bridgehead atoms. The average Bonchev–Trinajstić information content (AvgIpc) is 2.18. The maximum Gasteiger partial charge on any atom is 0.122 e. The molecule has 1 aromatic rings. The smallest absolute Gasteiger partial charge is 0.122 e. The topological polar surface area (TPSA) is 51.4 Å². The van der Waals surface area contributed by atoms with E-state index in [1.807, 2.05) is 26.2 Å². The summed E-state index contributed by atoms with van der Waals surface area (Å²) in [5, 5.41) is 0. The Balaban J connectivity index is 2.42. The van der Waals surface area contributed by atoms with Gasteiger partial charge in [0.05, 0.1) is 5.69 Å². The number of nitrogens with zero attached hydrogens (tertiary/aromatic N) is 2. The summed E-state index contributed by atoms with van der Waals surface area (Å²) in [6.45, 7) is 2.03. The second kappa shape index (κ2) is 5.57. The van der Waals surface area contributed by atoms with Crippen molar-refractivity contribution < 1.29 is 4.74 Å². The first kappa shape index (κ1) is 10.9. The zero-order valence-corrected chi connectivity index (χ0v) is 8.73. The molecule has 1 rings (SSSR count). The van der Waals surface area contributed by atoms with Crippen LogP contribution in [0.3, 0.4) is 0 Å². The van der Waals surface area contributed by atoms with Crippen molar-refractivity contribution in [3.63, 3.8) is 0 Å². The summed E-state index contributed by atoms with van der Waals surface area (Å²) < 4.78 is 5.52. The number of hydrogen-bond donors (Lipinski definition) is 1. The third-order valence-corrected chi connectivity index (χ3v) is 1.80. The molecular formula is C10H17N3O.